The quantitative estimate of drug-likeness (QED) is 0.604. The fraction of sp³-hybridized carbons (Fsp3) is 0.391. The number of hydrogen-bond acceptors (Lipinski definition) is 5. The Labute approximate surface area is 171 Å². The van der Waals surface area contributed by atoms with E-state index in [4.69, 9.17) is 4.74 Å². The smallest absolute Gasteiger partial charge is 0.331 e. The van der Waals surface area contributed by atoms with Crippen molar-refractivity contribution in [3.8, 4) is 5.75 Å². The Hall–Kier alpha value is -2.86. The van der Waals surface area contributed by atoms with Crippen LogP contribution in [0.15, 0.2) is 48.5 Å². The molecule has 6 heteroatoms. The van der Waals surface area contributed by atoms with Gasteiger partial charge in [-0.2, -0.15) is 0 Å². The Morgan fingerprint density at radius 3 is 2.66 bits per heavy atom. The van der Waals surface area contributed by atoms with Gasteiger partial charge in [-0.25, -0.2) is 4.79 Å². The van der Waals surface area contributed by atoms with E-state index in [1.165, 1.54) is 18.4 Å². The van der Waals surface area contributed by atoms with Gasteiger partial charge in [0.05, 0.1) is 18.3 Å². The second kappa shape index (κ2) is 8.66. The van der Waals surface area contributed by atoms with Crippen LogP contribution in [0.3, 0.4) is 0 Å². The number of nitrogens with one attached hydrogen (secondary N) is 1. The van der Waals surface area contributed by atoms with E-state index in [1.54, 1.807) is 11.0 Å². The number of amides is 1. The highest BCUT2D eigenvalue weighted by Gasteiger charge is 2.27. The third kappa shape index (κ3) is 4.59. The van der Waals surface area contributed by atoms with Crippen molar-refractivity contribution < 1.29 is 14.3 Å². The van der Waals surface area contributed by atoms with Crippen molar-refractivity contribution in [1.82, 2.24) is 10.2 Å². The van der Waals surface area contributed by atoms with Crippen molar-refractivity contribution >= 4 is 17.6 Å². The minimum absolute atomic E-state index is 0.0815. The Morgan fingerprint density at radius 1 is 1.14 bits per heavy atom. The lowest BCUT2D eigenvalue weighted by Gasteiger charge is -2.31. The number of anilines is 1. The van der Waals surface area contributed by atoms with Crippen LogP contribution in [0.2, 0.25) is 0 Å². The molecule has 1 amide bonds. The van der Waals surface area contributed by atoms with Crippen LogP contribution in [0.5, 0.6) is 5.75 Å². The van der Waals surface area contributed by atoms with E-state index in [0.29, 0.717) is 12.3 Å². The molecule has 2 aromatic carbocycles. The fourth-order valence-corrected chi connectivity index (χ4v) is 4.12. The van der Waals surface area contributed by atoms with Gasteiger partial charge in [-0.1, -0.05) is 36.4 Å². The van der Waals surface area contributed by atoms with Gasteiger partial charge < -0.3 is 15.0 Å². The first kappa shape index (κ1) is 19.5. The second-order valence-corrected chi connectivity index (χ2v) is 7.77. The maximum atomic E-state index is 12.7. The number of rotatable bonds is 6. The lowest BCUT2D eigenvalue weighted by molar-refractivity contribution is -0.133. The Balaban J connectivity index is 1.43. The van der Waals surface area contributed by atoms with Gasteiger partial charge in [0.1, 0.15) is 6.54 Å². The largest absolute Gasteiger partial charge is 0.423 e. The third-order valence-electron chi connectivity index (χ3n) is 5.59. The highest BCUT2D eigenvalue weighted by atomic mass is 16.5. The summed E-state index contributed by atoms with van der Waals surface area (Å²) in [6, 6.07) is 16.1. The van der Waals surface area contributed by atoms with E-state index >= 15 is 0 Å². The SMILES string of the molecule is Cc1ccc2c(c1)N(CC(=O)NCC(c1ccccc1)N1CCCC1)CC(=O)O2. The minimum Gasteiger partial charge on any atom is -0.423 e. The molecule has 29 heavy (non-hydrogen) atoms. The second-order valence-electron chi connectivity index (χ2n) is 7.77. The van der Waals surface area contributed by atoms with Crippen LogP contribution >= 0.6 is 0 Å². The van der Waals surface area contributed by atoms with E-state index in [-0.39, 0.29) is 31.0 Å². The van der Waals surface area contributed by atoms with Crippen LogP contribution in [-0.4, -0.2) is 49.5 Å². The molecular formula is C23H27N3O3. The molecule has 0 aromatic heterocycles. The lowest BCUT2D eigenvalue weighted by atomic mass is 10.1. The molecule has 0 bridgehead atoms. The molecule has 1 fully saturated rings. The Kier molecular flexibility index (Phi) is 5.81. The van der Waals surface area contributed by atoms with Gasteiger partial charge in [0.2, 0.25) is 5.91 Å². The zero-order valence-corrected chi connectivity index (χ0v) is 16.8. The minimum atomic E-state index is -0.339. The first-order chi connectivity index (χ1) is 14.1. The number of ether oxygens (including phenoxy) is 1. The molecule has 1 atom stereocenters. The highest BCUT2D eigenvalue weighted by Crippen LogP contribution is 2.32. The monoisotopic (exact) mass is 393 g/mol. The Morgan fingerprint density at radius 2 is 1.90 bits per heavy atom. The molecule has 1 saturated heterocycles. The molecule has 0 aliphatic carbocycles. The molecule has 0 spiro atoms. The van der Waals surface area contributed by atoms with Crippen molar-refractivity contribution in [2.24, 2.45) is 0 Å². The van der Waals surface area contributed by atoms with Crippen LogP contribution in [0.1, 0.15) is 30.0 Å². The number of likely N-dealkylation sites (tertiary alicyclic amines) is 1. The van der Waals surface area contributed by atoms with E-state index in [0.717, 1.165) is 24.3 Å². The van der Waals surface area contributed by atoms with Crippen molar-refractivity contribution in [2.45, 2.75) is 25.8 Å². The van der Waals surface area contributed by atoms with Crippen molar-refractivity contribution in [1.29, 1.82) is 0 Å². The number of fused-ring (bicyclic) bond motifs is 1. The molecule has 4 rings (SSSR count). The summed E-state index contributed by atoms with van der Waals surface area (Å²) in [5, 5.41) is 3.09. The Bertz CT molecular complexity index is 878. The number of benzene rings is 2. The van der Waals surface area contributed by atoms with Crippen molar-refractivity contribution in [3.63, 3.8) is 0 Å². The lowest BCUT2D eigenvalue weighted by Crippen LogP contribution is -2.45. The summed E-state index contributed by atoms with van der Waals surface area (Å²) in [6.45, 7) is 4.86. The maximum absolute atomic E-state index is 12.7. The summed E-state index contributed by atoms with van der Waals surface area (Å²) >= 11 is 0. The van der Waals surface area contributed by atoms with Gasteiger partial charge in [-0.15, -0.1) is 0 Å². The average molecular weight is 393 g/mol. The zero-order chi connectivity index (χ0) is 20.2. The maximum Gasteiger partial charge on any atom is 0.331 e. The summed E-state index contributed by atoms with van der Waals surface area (Å²) in [4.78, 5) is 28.9. The highest BCUT2D eigenvalue weighted by molar-refractivity contribution is 5.89. The summed E-state index contributed by atoms with van der Waals surface area (Å²) in [7, 11) is 0. The normalized spacial score (nSPS) is 17.6. The number of nitrogens with zero attached hydrogens (tertiary/aromatic N) is 2. The van der Waals surface area contributed by atoms with Crippen molar-refractivity contribution in [3.05, 3.63) is 59.7 Å². The van der Waals surface area contributed by atoms with Crippen LogP contribution in [0.4, 0.5) is 5.69 Å². The topological polar surface area (TPSA) is 61.9 Å². The summed E-state index contributed by atoms with van der Waals surface area (Å²) in [6.07, 6.45) is 2.40. The predicted molar refractivity (Wildman–Crippen MR) is 112 cm³/mol. The number of carbonyl (C=O) groups is 2. The zero-order valence-electron chi connectivity index (χ0n) is 16.8. The molecule has 2 aromatic rings. The summed E-state index contributed by atoms with van der Waals surface area (Å²) in [5.41, 5.74) is 3.07. The van der Waals surface area contributed by atoms with E-state index in [2.05, 4.69) is 22.3 Å². The average Bonchev–Trinajstić information content (AvgIpc) is 3.24. The van der Waals surface area contributed by atoms with Gasteiger partial charge in [0.25, 0.3) is 0 Å². The first-order valence-corrected chi connectivity index (χ1v) is 10.2. The number of aryl methyl sites for hydroxylation is 1. The van der Waals surface area contributed by atoms with E-state index in [9.17, 15) is 9.59 Å². The number of hydrogen-bond donors (Lipinski definition) is 1. The van der Waals surface area contributed by atoms with Gasteiger partial charge in [0.15, 0.2) is 5.75 Å². The van der Waals surface area contributed by atoms with Crippen LogP contribution < -0.4 is 15.0 Å². The van der Waals surface area contributed by atoms with Gasteiger partial charge in [-0.05, 0) is 56.1 Å². The van der Waals surface area contributed by atoms with Crippen LogP contribution in [0.25, 0.3) is 0 Å². The first-order valence-electron chi connectivity index (χ1n) is 10.2. The van der Waals surface area contributed by atoms with E-state index in [1.807, 2.05) is 37.3 Å². The molecule has 0 radical (unpaired) electrons. The molecule has 6 nitrogen and oxygen atoms in total. The van der Waals surface area contributed by atoms with Crippen molar-refractivity contribution in [2.75, 3.05) is 37.6 Å². The summed E-state index contributed by atoms with van der Waals surface area (Å²) < 4.78 is 5.30. The number of carbonyl (C=O) groups excluding carboxylic acids is 2. The molecular weight excluding hydrogens is 366 g/mol. The molecule has 2 aliphatic rings. The van der Waals surface area contributed by atoms with Crippen LogP contribution in [-0.2, 0) is 9.59 Å². The third-order valence-corrected chi connectivity index (χ3v) is 5.59. The predicted octanol–water partition coefficient (Wildman–Crippen LogP) is 2.67. The van der Waals surface area contributed by atoms with Gasteiger partial charge >= 0.3 is 5.97 Å². The molecule has 1 N–H and O–H groups in total. The fourth-order valence-electron chi connectivity index (χ4n) is 4.12. The van der Waals surface area contributed by atoms with Gasteiger partial charge in [0, 0.05) is 6.54 Å². The molecule has 1 unspecified atom stereocenters. The van der Waals surface area contributed by atoms with E-state index < -0.39 is 0 Å². The van der Waals surface area contributed by atoms with Crippen LogP contribution in [0, 0.1) is 6.92 Å². The molecule has 2 heterocycles. The van der Waals surface area contributed by atoms with Gasteiger partial charge in [-0.3, -0.25) is 9.69 Å². The molecule has 152 valence electrons. The summed E-state index contributed by atoms with van der Waals surface area (Å²) in [5.74, 6) is 0.0829. The molecule has 0 saturated carbocycles. The standard InChI is InChI=1S/C23H27N3O3/c1-17-9-10-21-19(13-17)26(16-23(28)29-21)15-22(27)24-14-20(25-11-5-6-12-25)18-7-3-2-4-8-18/h2-4,7-10,13,20H,5-6,11-12,14-16H2,1H3,(H,24,27). The number of esters is 1. The molecule has 2 aliphatic heterocycles.